The molecule has 0 bridgehead atoms. The number of rotatable bonds is 6. The Hall–Kier alpha value is -6.34. The van der Waals surface area contributed by atoms with Crippen LogP contribution in [0.25, 0.3) is 55.1 Å². The molecule has 0 N–H and O–H groups in total. The van der Waals surface area contributed by atoms with E-state index in [0.717, 1.165) is 66.7 Å². The summed E-state index contributed by atoms with van der Waals surface area (Å²) < 4.78 is 21.6. The summed E-state index contributed by atoms with van der Waals surface area (Å²) in [6, 6.07) is 42.4. The van der Waals surface area contributed by atoms with Gasteiger partial charge < -0.3 is 13.6 Å². The number of furan rings is 2. The summed E-state index contributed by atoms with van der Waals surface area (Å²) in [6.07, 6.45) is 3.73. The number of para-hydroxylation sites is 3. The zero-order valence-electron chi connectivity index (χ0n) is 24.8. The van der Waals surface area contributed by atoms with Crippen molar-refractivity contribution in [3.05, 3.63) is 140 Å². The van der Waals surface area contributed by atoms with Gasteiger partial charge in [-0.05, 0) is 60.7 Å². The third kappa shape index (κ3) is 4.29. The summed E-state index contributed by atoms with van der Waals surface area (Å²) in [7, 11) is 1.91. The Morgan fingerprint density at radius 2 is 1.39 bits per heavy atom. The van der Waals surface area contributed by atoms with Crippen molar-refractivity contribution in [3.63, 3.8) is 0 Å². The molecule has 9 rings (SSSR count). The van der Waals surface area contributed by atoms with E-state index >= 15 is 0 Å². The molecule has 220 valence electrons. The molecule has 4 heterocycles. The van der Waals surface area contributed by atoms with Gasteiger partial charge >= 0.3 is 0 Å². The van der Waals surface area contributed by atoms with E-state index in [1.807, 2.05) is 110 Å². The maximum absolute atomic E-state index is 7.00. The number of benzene rings is 5. The van der Waals surface area contributed by atoms with Crippen molar-refractivity contribution in [2.24, 2.45) is 7.05 Å². The highest BCUT2D eigenvalue weighted by Gasteiger charge is 2.22. The standard InChI is InChI=1S/C39H26N4O3/c1-42-20-18-31(41-42)25-21-34-38(29-14-6-8-16-33(29)44-34)35(22-25)45-36-24-27(23-30-28-13-5-7-15-32(28)46-39(30)36)43(26-11-3-2-4-12-26)37-17-9-10-19-40-37/h2-24H,1H3. The van der Waals surface area contributed by atoms with Crippen LogP contribution in [0.3, 0.4) is 0 Å². The highest BCUT2D eigenvalue weighted by atomic mass is 16.5. The second kappa shape index (κ2) is 10.4. The smallest absolute Gasteiger partial charge is 0.178 e. The Morgan fingerprint density at radius 3 is 2.17 bits per heavy atom. The van der Waals surface area contributed by atoms with E-state index in [4.69, 9.17) is 18.6 Å². The third-order valence-electron chi connectivity index (χ3n) is 8.25. The predicted octanol–water partition coefficient (Wildman–Crippen LogP) is 10.5. The fourth-order valence-electron chi connectivity index (χ4n) is 6.20. The van der Waals surface area contributed by atoms with Crippen molar-refractivity contribution in [2.45, 2.75) is 0 Å². The number of ether oxygens (including phenoxy) is 1. The minimum Gasteiger partial charge on any atom is -0.456 e. The van der Waals surface area contributed by atoms with Crippen LogP contribution in [0.4, 0.5) is 17.2 Å². The van der Waals surface area contributed by atoms with Gasteiger partial charge in [0.25, 0.3) is 0 Å². The molecule has 0 saturated carbocycles. The van der Waals surface area contributed by atoms with Gasteiger partial charge in [0.15, 0.2) is 11.3 Å². The largest absolute Gasteiger partial charge is 0.456 e. The molecule has 0 aliphatic carbocycles. The van der Waals surface area contributed by atoms with Crippen molar-refractivity contribution in [1.29, 1.82) is 0 Å². The first-order chi connectivity index (χ1) is 22.7. The van der Waals surface area contributed by atoms with Crippen LogP contribution in [0.5, 0.6) is 11.5 Å². The highest BCUT2D eigenvalue weighted by molar-refractivity contribution is 6.11. The Morgan fingerprint density at radius 1 is 0.630 bits per heavy atom. The average Bonchev–Trinajstić information content (AvgIpc) is 3.81. The van der Waals surface area contributed by atoms with Crippen LogP contribution in [0.15, 0.2) is 149 Å². The van der Waals surface area contributed by atoms with Crippen LogP contribution in [-0.2, 0) is 7.05 Å². The molecule has 0 amide bonds. The van der Waals surface area contributed by atoms with Crippen molar-refractivity contribution >= 4 is 61.1 Å². The lowest BCUT2D eigenvalue weighted by Gasteiger charge is -2.24. The number of pyridine rings is 1. The second-order valence-electron chi connectivity index (χ2n) is 11.2. The predicted molar refractivity (Wildman–Crippen MR) is 182 cm³/mol. The van der Waals surface area contributed by atoms with Gasteiger partial charge in [-0.25, -0.2) is 4.98 Å². The summed E-state index contributed by atoms with van der Waals surface area (Å²) >= 11 is 0. The quantitative estimate of drug-likeness (QED) is 0.190. The lowest BCUT2D eigenvalue weighted by Crippen LogP contribution is -2.11. The number of aromatic nitrogens is 3. The Kier molecular flexibility index (Phi) is 5.89. The fourth-order valence-corrected chi connectivity index (χ4v) is 6.20. The number of anilines is 3. The van der Waals surface area contributed by atoms with Crippen LogP contribution in [0.1, 0.15) is 0 Å². The van der Waals surface area contributed by atoms with E-state index in [2.05, 4.69) is 40.3 Å². The van der Waals surface area contributed by atoms with Gasteiger partial charge in [-0.1, -0.05) is 60.7 Å². The van der Waals surface area contributed by atoms with Crippen LogP contribution >= 0.6 is 0 Å². The molecule has 9 aromatic rings. The molecule has 0 saturated heterocycles. The molecule has 0 fully saturated rings. The van der Waals surface area contributed by atoms with E-state index in [-0.39, 0.29) is 0 Å². The number of nitrogens with zero attached hydrogens (tertiary/aromatic N) is 4. The van der Waals surface area contributed by atoms with Crippen molar-refractivity contribution in [1.82, 2.24) is 14.8 Å². The van der Waals surface area contributed by atoms with E-state index in [1.54, 1.807) is 10.9 Å². The van der Waals surface area contributed by atoms with Crippen LogP contribution in [0, 0.1) is 0 Å². The SMILES string of the molecule is Cn1ccc(-c2cc(Oc3cc(N(c4ccccc4)c4ccccn4)cc4c3oc3ccccc34)c3c(c2)oc2ccccc23)n1. The Bertz CT molecular complexity index is 2490. The number of fused-ring (bicyclic) bond motifs is 6. The molecular weight excluding hydrogens is 572 g/mol. The highest BCUT2D eigenvalue weighted by Crippen LogP contribution is 2.46. The van der Waals surface area contributed by atoms with E-state index in [0.29, 0.717) is 17.1 Å². The van der Waals surface area contributed by atoms with Crippen molar-refractivity contribution in [2.75, 3.05) is 4.90 Å². The lowest BCUT2D eigenvalue weighted by atomic mass is 10.1. The molecule has 0 aliphatic heterocycles. The van der Waals surface area contributed by atoms with Crippen LogP contribution in [-0.4, -0.2) is 14.8 Å². The van der Waals surface area contributed by atoms with Crippen molar-refractivity contribution < 1.29 is 13.6 Å². The third-order valence-corrected chi connectivity index (χ3v) is 8.25. The summed E-state index contributed by atoms with van der Waals surface area (Å²) in [5, 5.41) is 8.45. The monoisotopic (exact) mass is 598 g/mol. The van der Waals surface area contributed by atoms with Crippen LogP contribution < -0.4 is 9.64 Å². The summed E-state index contributed by atoms with van der Waals surface area (Å²) in [6.45, 7) is 0. The second-order valence-corrected chi connectivity index (χ2v) is 11.2. The minimum atomic E-state index is 0.574. The number of aryl methyl sites for hydroxylation is 1. The van der Waals surface area contributed by atoms with E-state index < -0.39 is 0 Å². The first-order valence-corrected chi connectivity index (χ1v) is 15.0. The molecule has 7 heteroatoms. The van der Waals surface area contributed by atoms with Gasteiger partial charge in [0.2, 0.25) is 0 Å². The molecule has 0 aliphatic rings. The molecular formula is C39H26N4O3. The molecule has 7 nitrogen and oxygen atoms in total. The minimum absolute atomic E-state index is 0.574. The molecule has 4 aromatic heterocycles. The van der Waals surface area contributed by atoms with E-state index in [1.165, 1.54) is 0 Å². The van der Waals surface area contributed by atoms with Gasteiger partial charge in [0.05, 0.1) is 16.8 Å². The normalized spacial score (nSPS) is 11.6. The van der Waals surface area contributed by atoms with Crippen molar-refractivity contribution in [3.8, 4) is 22.8 Å². The van der Waals surface area contributed by atoms with Gasteiger partial charge in [0, 0.05) is 52.9 Å². The van der Waals surface area contributed by atoms with E-state index in [9.17, 15) is 0 Å². The Labute approximate surface area is 263 Å². The van der Waals surface area contributed by atoms with Gasteiger partial charge in [-0.3, -0.25) is 9.58 Å². The zero-order valence-corrected chi connectivity index (χ0v) is 24.8. The number of hydrogen-bond acceptors (Lipinski definition) is 6. The lowest BCUT2D eigenvalue weighted by molar-refractivity contribution is 0.482. The van der Waals surface area contributed by atoms with Crippen LogP contribution in [0.2, 0.25) is 0 Å². The number of hydrogen-bond donors (Lipinski definition) is 0. The Balaban J connectivity index is 1.31. The average molecular weight is 599 g/mol. The van der Waals surface area contributed by atoms with Gasteiger partial charge in [-0.15, -0.1) is 0 Å². The first kappa shape index (κ1) is 26.1. The van der Waals surface area contributed by atoms with Gasteiger partial charge in [0.1, 0.15) is 28.3 Å². The molecule has 0 atom stereocenters. The zero-order chi connectivity index (χ0) is 30.6. The molecule has 46 heavy (non-hydrogen) atoms. The van der Waals surface area contributed by atoms with Gasteiger partial charge in [-0.2, -0.15) is 5.10 Å². The molecule has 5 aromatic carbocycles. The fraction of sp³-hybridized carbons (Fsp3) is 0.0256. The summed E-state index contributed by atoms with van der Waals surface area (Å²) in [5.41, 5.74) is 6.51. The summed E-state index contributed by atoms with van der Waals surface area (Å²) in [5.74, 6) is 2.00. The maximum atomic E-state index is 7.00. The molecule has 0 unspecified atom stereocenters. The molecule has 0 spiro atoms. The first-order valence-electron chi connectivity index (χ1n) is 15.0. The topological polar surface area (TPSA) is 69.5 Å². The maximum Gasteiger partial charge on any atom is 0.178 e. The summed E-state index contributed by atoms with van der Waals surface area (Å²) in [4.78, 5) is 6.86. The molecule has 0 radical (unpaired) electrons.